The van der Waals surface area contributed by atoms with Gasteiger partial charge in [0.25, 0.3) is 0 Å². The van der Waals surface area contributed by atoms with E-state index >= 15 is 0 Å². The third kappa shape index (κ3) is 8.06. The Balaban J connectivity index is 0.000000187. The van der Waals surface area contributed by atoms with Gasteiger partial charge in [-0.2, -0.15) is 0 Å². The molecule has 9 heavy (non-hydrogen) atoms. The van der Waals surface area contributed by atoms with Crippen molar-refractivity contribution in [3.63, 3.8) is 0 Å². The average Bonchev–Trinajstić information content (AvgIpc) is 1.93. The van der Waals surface area contributed by atoms with Crippen molar-refractivity contribution < 1.29 is 0 Å². The summed E-state index contributed by atoms with van der Waals surface area (Å²) < 4.78 is 0. The zero-order valence-corrected chi connectivity index (χ0v) is 6.82. The van der Waals surface area contributed by atoms with Crippen LogP contribution in [-0.4, -0.2) is 7.28 Å². The molecule has 1 aliphatic rings. The lowest BCUT2D eigenvalue weighted by Gasteiger charge is -2.05. The summed E-state index contributed by atoms with van der Waals surface area (Å²) >= 11 is 0. The first-order valence-electron chi connectivity index (χ1n) is 4.15. The van der Waals surface area contributed by atoms with Crippen LogP contribution < -0.4 is 0 Å². The topological polar surface area (TPSA) is 0 Å². The van der Waals surface area contributed by atoms with Crippen LogP contribution in [0.3, 0.4) is 0 Å². The second-order valence-electron chi connectivity index (χ2n) is 2.70. The highest BCUT2D eigenvalue weighted by Crippen LogP contribution is 2.15. The van der Waals surface area contributed by atoms with Gasteiger partial charge >= 0.3 is 0 Å². The van der Waals surface area contributed by atoms with Crippen molar-refractivity contribution in [1.29, 1.82) is 0 Å². The SMILES string of the molecule is C1CCCCC1.C[B]C. The van der Waals surface area contributed by atoms with E-state index in [1.165, 1.54) is 38.5 Å². The molecule has 0 saturated heterocycles. The van der Waals surface area contributed by atoms with Gasteiger partial charge < -0.3 is 0 Å². The third-order valence-corrected chi connectivity index (χ3v) is 1.50. The van der Waals surface area contributed by atoms with Crippen molar-refractivity contribution in [2.24, 2.45) is 0 Å². The van der Waals surface area contributed by atoms with Crippen LogP contribution in [-0.2, 0) is 0 Å². The fourth-order valence-corrected chi connectivity index (χ4v) is 1.06. The molecule has 0 unspecified atom stereocenters. The minimum atomic E-state index is 1.50. The van der Waals surface area contributed by atoms with E-state index in [2.05, 4.69) is 0 Å². The van der Waals surface area contributed by atoms with Crippen LogP contribution >= 0.6 is 0 Å². The van der Waals surface area contributed by atoms with Gasteiger partial charge in [0.1, 0.15) is 7.28 Å². The van der Waals surface area contributed by atoms with E-state index < -0.39 is 0 Å². The molecule has 0 heterocycles. The summed E-state index contributed by atoms with van der Waals surface area (Å²) in [5.41, 5.74) is 0. The average molecular weight is 125 g/mol. The molecule has 0 nitrogen and oxygen atoms in total. The van der Waals surface area contributed by atoms with E-state index in [-0.39, 0.29) is 0 Å². The molecule has 1 fully saturated rings. The lowest BCUT2D eigenvalue weighted by atomic mass is 9.88. The van der Waals surface area contributed by atoms with Gasteiger partial charge in [0.15, 0.2) is 0 Å². The van der Waals surface area contributed by atoms with Crippen LogP contribution in [0.25, 0.3) is 0 Å². The van der Waals surface area contributed by atoms with Crippen molar-refractivity contribution in [2.75, 3.05) is 0 Å². The Hall–Kier alpha value is 0.0649. The zero-order valence-electron chi connectivity index (χ0n) is 6.82. The summed E-state index contributed by atoms with van der Waals surface area (Å²) in [6, 6.07) is 0. The fraction of sp³-hybridized carbons (Fsp3) is 1.00. The van der Waals surface area contributed by atoms with Crippen LogP contribution in [0, 0.1) is 0 Å². The maximum absolute atomic E-state index is 2.00. The molecule has 1 saturated carbocycles. The summed E-state index contributed by atoms with van der Waals surface area (Å²) in [5.74, 6) is 0. The van der Waals surface area contributed by atoms with E-state index in [1.54, 1.807) is 0 Å². The monoisotopic (exact) mass is 125 g/mol. The Kier molecular flexibility index (Phi) is 8.12. The van der Waals surface area contributed by atoms with Crippen molar-refractivity contribution in [3.05, 3.63) is 0 Å². The minimum absolute atomic E-state index is 1.50. The summed E-state index contributed by atoms with van der Waals surface area (Å²) in [6.07, 6.45) is 9.00. The van der Waals surface area contributed by atoms with Gasteiger partial charge in [-0.15, -0.1) is 0 Å². The van der Waals surface area contributed by atoms with Crippen LogP contribution in [0.1, 0.15) is 38.5 Å². The van der Waals surface area contributed by atoms with Gasteiger partial charge in [0.05, 0.1) is 0 Å². The summed E-state index contributed by atoms with van der Waals surface area (Å²) in [4.78, 5) is 0. The fourth-order valence-electron chi connectivity index (χ4n) is 1.06. The molecular formula is C8H18B. The molecule has 0 aromatic rings. The molecule has 0 spiro atoms. The Morgan fingerprint density at radius 2 is 0.778 bits per heavy atom. The van der Waals surface area contributed by atoms with Crippen LogP contribution in [0.15, 0.2) is 0 Å². The van der Waals surface area contributed by atoms with Crippen LogP contribution in [0.5, 0.6) is 0 Å². The standard InChI is InChI=1S/C6H12.C2H6B/c1-2-4-6-5-3-1;1-3-2/h1-6H2;1-2H3. The summed E-state index contributed by atoms with van der Waals surface area (Å²) in [7, 11) is 2.00. The highest BCUT2D eigenvalue weighted by molar-refractivity contribution is 6.31. The molecule has 1 radical (unpaired) electrons. The molecule has 53 valence electrons. The Bertz CT molecular complexity index is 28.3. The van der Waals surface area contributed by atoms with Crippen LogP contribution in [0.4, 0.5) is 0 Å². The van der Waals surface area contributed by atoms with Gasteiger partial charge in [0, 0.05) is 0 Å². The molecule has 1 rings (SSSR count). The first-order valence-corrected chi connectivity index (χ1v) is 4.15. The first-order chi connectivity index (χ1) is 4.41. The highest BCUT2D eigenvalue weighted by Gasteiger charge is 1.95. The van der Waals surface area contributed by atoms with Gasteiger partial charge in [-0.3, -0.25) is 0 Å². The second kappa shape index (κ2) is 8.06. The van der Waals surface area contributed by atoms with E-state index in [0.29, 0.717) is 0 Å². The van der Waals surface area contributed by atoms with E-state index in [9.17, 15) is 0 Å². The molecule has 0 aromatic heterocycles. The Morgan fingerprint density at radius 3 is 0.889 bits per heavy atom. The van der Waals surface area contributed by atoms with Crippen molar-refractivity contribution in [1.82, 2.24) is 0 Å². The molecule has 0 bridgehead atoms. The maximum Gasteiger partial charge on any atom is 0.102 e. The van der Waals surface area contributed by atoms with Crippen LogP contribution in [0.2, 0.25) is 13.6 Å². The van der Waals surface area contributed by atoms with Gasteiger partial charge in [-0.05, 0) is 0 Å². The van der Waals surface area contributed by atoms with E-state index in [0.717, 1.165) is 0 Å². The quantitative estimate of drug-likeness (QED) is 0.436. The van der Waals surface area contributed by atoms with Crippen molar-refractivity contribution >= 4 is 7.28 Å². The first kappa shape index (κ1) is 9.06. The minimum Gasteiger partial charge on any atom is -0.0922 e. The molecule has 0 atom stereocenters. The molecule has 0 aliphatic heterocycles. The third-order valence-electron chi connectivity index (χ3n) is 1.50. The molecule has 1 aliphatic carbocycles. The molecule has 0 amide bonds. The molecular weight excluding hydrogens is 107 g/mol. The molecule has 1 heteroatoms. The number of hydrogen-bond acceptors (Lipinski definition) is 0. The predicted molar refractivity (Wildman–Crippen MR) is 45.2 cm³/mol. The highest BCUT2D eigenvalue weighted by atomic mass is 14.0. The van der Waals surface area contributed by atoms with Gasteiger partial charge in [0.2, 0.25) is 0 Å². The van der Waals surface area contributed by atoms with Crippen molar-refractivity contribution in [2.45, 2.75) is 52.2 Å². The summed E-state index contributed by atoms with van der Waals surface area (Å²) in [5, 5.41) is 0. The lowest BCUT2D eigenvalue weighted by molar-refractivity contribution is 0.504. The van der Waals surface area contributed by atoms with Crippen molar-refractivity contribution in [3.8, 4) is 0 Å². The Labute approximate surface area is 60.3 Å². The van der Waals surface area contributed by atoms with Gasteiger partial charge in [-0.1, -0.05) is 52.2 Å². The second-order valence-corrected chi connectivity index (χ2v) is 2.70. The molecule has 0 N–H and O–H groups in total. The number of hydrogen-bond donors (Lipinski definition) is 0. The number of rotatable bonds is 0. The zero-order chi connectivity index (χ0) is 6.95. The lowest BCUT2D eigenvalue weighted by Crippen LogP contribution is -1.85. The largest absolute Gasteiger partial charge is 0.102 e. The Morgan fingerprint density at radius 1 is 0.667 bits per heavy atom. The van der Waals surface area contributed by atoms with E-state index in [1.807, 2.05) is 20.9 Å². The molecule has 0 aromatic carbocycles. The predicted octanol–water partition coefficient (Wildman–Crippen LogP) is 3.13. The van der Waals surface area contributed by atoms with Gasteiger partial charge in [-0.25, -0.2) is 0 Å². The smallest absolute Gasteiger partial charge is 0.0922 e. The maximum atomic E-state index is 2.00. The van der Waals surface area contributed by atoms with E-state index in [4.69, 9.17) is 0 Å². The summed E-state index contributed by atoms with van der Waals surface area (Å²) in [6.45, 7) is 4.00. The normalized spacial score (nSPS) is 17.6.